The van der Waals surface area contributed by atoms with Crippen LogP contribution in [0.4, 0.5) is 0 Å². The average Bonchev–Trinajstić information content (AvgIpc) is 2.10. The Morgan fingerprint density at radius 3 is 2.38 bits per heavy atom. The Morgan fingerprint density at radius 2 is 1.94 bits per heavy atom. The molecule has 1 rings (SSSR count). The summed E-state index contributed by atoms with van der Waals surface area (Å²) in [6, 6.07) is 0. The highest BCUT2D eigenvalue weighted by atomic mass is 16.3. The molecule has 1 fully saturated rings. The fourth-order valence-corrected chi connectivity index (χ4v) is 2.77. The van der Waals surface area contributed by atoms with Crippen molar-refractivity contribution in [1.29, 1.82) is 0 Å². The molecular formula is C13H24O3. The molecule has 1 aliphatic rings. The molecule has 3 N–H and O–H groups in total. The Balaban J connectivity index is 2.98. The molecule has 0 saturated heterocycles. The standard InChI is InChI=1S/C13H24O3/c1-9-7-11(15)8-12(3,4)13(9,16)6-5-10(2)14/h5-6,9-11,14-16H,7-8H2,1-4H3/b6-5+/t9-,10+,11-,13+/m0/s1. The minimum Gasteiger partial charge on any atom is -0.393 e. The average molecular weight is 228 g/mol. The van der Waals surface area contributed by atoms with Crippen LogP contribution in [0.5, 0.6) is 0 Å². The van der Waals surface area contributed by atoms with Gasteiger partial charge in [-0.05, 0) is 31.1 Å². The molecule has 0 aromatic rings. The second-order valence-corrected chi connectivity index (χ2v) is 5.80. The van der Waals surface area contributed by atoms with Crippen molar-refractivity contribution in [1.82, 2.24) is 0 Å². The zero-order valence-corrected chi connectivity index (χ0v) is 10.6. The van der Waals surface area contributed by atoms with E-state index in [9.17, 15) is 15.3 Å². The number of hydrogen-bond donors (Lipinski definition) is 3. The van der Waals surface area contributed by atoms with Crippen LogP contribution in [0.15, 0.2) is 12.2 Å². The van der Waals surface area contributed by atoms with Crippen molar-refractivity contribution >= 4 is 0 Å². The lowest BCUT2D eigenvalue weighted by atomic mass is 9.60. The van der Waals surface area contributed by atoms with Crippen LogP contribution in [0.3, 0.4) is 0 Å². The van der Waals surface area contributed by atoms with Crippen molar-refractivity contribution in [3.63, 3.8) is 0 Å². The van der Waals surface area contributed by atoms with E-state index >= 15 is 0 Å². The van der Waals surface area contributed by atoms with Crippen LogP contribution in [-0.4, -0.2) is 33.1 Å². The van der Waals surface area contributed by atoms with Gasteiger partial charge in [-0.15, -0.1) is 0 Å². The minimum absolute atomic E-state index is 0.0127. The molecule has 0 amide bonds. The highest BCUT2D eigenvalue weighted by Crippen LogP contribution is 2.47. The fourth-order valence-electron chi connectivity index (χ4n) is 2.77. The second kappa shape index (κ2) is 4.47. The van der Waals surface area contributed by atoms with Gasteiger partial charge in [-0.25, -0.2) is 0 Å². The van der Waals surface area contributed by atoms with E-state index in [-0.39, 0.29) is 17.4 Å². The van der Waals surface area contributed by atoms with E-state index in [1.54, 1.807) is 19.1 Å². The molecule has 0 heterocycles. The Morgan fingerprint density at radius 1 is 1.38 bits per heavy atom. The van der Waals surface area contributed by atoms with Crippen LogP contribution in [0, 0.1) is 11.3 Å². The van der Waals surface area contributed by atoms with Gasteiger partial charge in [0.1, 0.15) is 0 Å². The first-order chi connectivity index (χ1) is 7.19. The quantitative estimate of drug-likeness (QED) is 0.627. The first-order valence-electron chi connectivity index (χ1n) is 5.97. The van der Waals surface area contributed by atoms with Gasteiger partial charge in [0.25, 0.3) is 0 Å². The Kier molecular flexibility index (Phi) is 3.83. The highest BCUT2D eigenvalue weighted by Gasteiger charge is 2.50. The van der Waals surface area contributed by atoms with Crippen LogP contribution in [0.2, 0.25) is 0 Å². The van der Waals surface area contributed by atoms with E-state index < -0.39 is 11.7 Å². The first-order valence-corrected chi connectivity index (χ1v) is 5.97. The summed E-state index contributed by atoms with van der Waals surface area (Å²) in [6.45, 7) is 7.52. The van der Waals surface area contributed by atoms with Gasteiger partial charge in [0.2, 0.25) is 0 Å². The third-order valence-corrected chi connectivity index (χ3v) is 3.84. The highest BCUT2D eigenvalue weighted by molar-refractivity contribution is 5.14. The summed E-state index contributed by atoms with van der Waals surface area (Å²) in [5, 5.41) is 29.7. The lowest BCUT2D eigenvalue weighted by Gasteiger charge is -2.50. The molecule has 0 aromatic carbocycles. The molecule has 4 atom stereocenters. The molecule has 0 aromatic heterocycles. The summed E-state index contributed by atoms with van der Waals surface area (Å²) in [5.41, 5.74) is -1.33. The maximum atomic E-state index is 10.7. The fraction of sp³-hybridized carbons (Fsp3) is 0.846. The third kappa shape index (κ3) is 2.47. The maximum absolute atomic E-state index is 10.7. The summed E-state index contributed by atoms with van der Waals surface area (Å²) < 4.78 is 0. The lowest BCUT2D eigenvalue weighted by molar-refractivity contribution is -0.127. The van der Waals surface area contributed by atoms with Crippen molar-refractivity contribution in [2.24, 2.45) is 11.3 Å². The van der Waals surface area contributed by atoms with Crippen molar-refractivity contribution in [2.45, 2.75) is 58.3 Å². The number of rotatable bonds is 2. The van der Waals surface area contributed by atoms with Crippen molar-refractivity contribution in [3.8, 4) is 0 Å². The van der Waals surface area contributed by atoms with Gasteiger partial charge in [-0.3, -0.25) is 0 Å². The summed E-state index contributed by atoms with van der Waals surface area (Å²) in [7, 11) is 0. The summed E-state index contributed by atoms with van der Waals surface area (Å²) in [5.74, 6) is -0.0127. The lowest BCUT2D eigenvalue weighted by Crippen LogP contribution is -2.54. The molecule has 1 aliphatic carbocycles. The predicted octanol–water partition coefficient (Wildman–Crippen LogP) is 1.47. The Hall–Kier alpha value is -0.380. The molecule has 0 spiro atoms. The third-order valence-electron chi connectivity index (χ3n) is 3.84. The minimum atomic E-state index is -0.955. The zero-order valence-electron chi connectivity index (χ0n) is 10.6. The molecular weight excluding hydrogens is 204 g/mol. The monoisotopic (exact) mass is 228 g/mol. The van der Waals surface area contributed by atoms with Crippen molar-refractivity contribution in [2.75, 3.05) is 0 Å². The van der Waals surface area contributed by atoms with Gasteiger partial charge in [-0.1, -0.05) is 32.9 Å². The van der Waals surface area contributed by atoms with Crippen molar-refractivity contribution < 1.29 is 15.3 Å². The molecule has 0 bridgehead atoms. The van der Waals surface area contributed by atoms with Gasteiger partial charge in [0.15, 0.2) is 0 Å². The van der Waals surface area contributed by atoms with Gasteiger partial charge >= 0.3 is 0 Å². The van der Waals surface area contributed by atoms with E-state index in [0.717, 1.165) is 0 Å². The van der Waals surface area contributed by atoms with Gasteiger partial charge < -0.3 is 15.3 Å². The van der Waals surface area contributed by atoms with Crippen LogP contribution >= 0.6 is 0 Å². The molecule has 3 nitrogen and oxygen atoms in total. The summed E-state index contributed by atoms with van der Waals surface area (Å²) in [6.07, 6.45) is 3.61. The molecule has 16 heavy (non-hydrogen) atoms. The maximum Gasteiger partial charge on any atom is 0.0906 e. The number of hydrogen-bond acceptors (Lipinski definition) is 3. The second-order valence-electron chi connectivity index (χ2n) is 5.80. The van der Waals surface area contributed by atoms with Crippen LogP contribution in [0.1, 0.15) is 40.5 Å². The van der Waals surface area contributed by atoms with Gasteiger partial charge in [0.05, 0.1) is 17.8 Å². The normalized spacial score (nSPS) is 41.2. The van der Waals surface area contributed by atoms with Crippen molar-refractivity contribution in [3.05, 3.63) is 12.2 Å². The SMILES string of the molecule is C[C@@H](O)/C=C/[C@@]1(O)[C@@H](C)C[C@H](O)CC1(C)C. The van der Waals surface area contributed by atoms with Crippen LogP contribution in [-0.2, 0) is 0 Å². The molecule has 0 unspecified atom stereocenters. The van der Waals surface area contributed by atoms with E-state index in [1.165, 1.54) is 0 Å². The first kappa shape index (κ1) is 13.7. The molecule has 3 heteroatoms. The smallest absolute Gasteiger partial charge is 0.0906 e. The summed E-state index contributed by atoms with van der Waals surface area (Å²) >= 11 is 0. The Bertz CT molecular complexity index is 270. The van der Waals surface area contributed by atoms with E-state index in [2.05, 4.69) is 0 Å². The summed E-state index contributed by atoms with van der Waals surface area (Å²) in [4.78, 5) is 0. The van der Waals surface area contributed by atoms with Crippen LogP contribution < -0.4 is 0 Å². The largest absolute Gasteiger partial charge is 0.393 e. The van der Waals surface area contributed by atoms with Crippen LogP contribution in [0.25, 0.3) is 0 Å². The molecule has 1 saturated carbocycles. The number of aliphatic hydroxyl groups excluding tert-OH is 2. The van der Waals surface area contributed by atoms with E-state index in [4.69, 9.17) is 0 Å². The molecule has 0 aliphatic heterocycles. The van der Waals surface area contributed by atoms with E-state index in [0.29, 0.717) is 12.8 Å². The zero-order chi connectivity index (χ0) is 12.6. The predicted molar refractivity (Wildman–Crippen MR) is 64.0 cm³/mol. The van der Waals surface area contributed by atoms with E-state index in [1.807, 2.05) is 20.8 Å². The molecule has 0 radical (unpaired) electrons. The number of aliphatic hydroxyl groups is 3. The van der Waals surface area contributed by atoms with Gasteiger partial charge in [0, 0.05) is 0 Å². The van der Waals surface area contributed by atoms with Gasteiger partial charge in [-0.2, -0.15) is 0 Å². The topological polar surface area (TPSA) is 60.7 Å². The Labute approximate surface area is 97.8 Å². The molecule has 94 valence electrons.